The van der Waals surface area contributed by atoms with E-state index in [1.165, 1.54) is 0 Å². The fraction of sp³-hybridized carbons (Fsp3) is 0.214. The SMILES string of the molecule is Cc1cnc(Cn2cnc3c(C)cccc3c2=O)[nH]1. The van der Waals surface area contributed by atoms with Crippen molar-refractivity contribution in [2.24, 2.45) is 0 Å². The highest BCUT2D eigenvalue weighted by Gasteiger charge is 2.07. The Hall–Kier alpha value is -2.43. The first-order valence-electron chi connectivity index (χ1n) is 6.10. The third kappa shape index (κ3) is 2.03. The van der Waals surface area contributed by atoms with Crippen molar-refractivity contribution in [3.63, 3.8) is 0 Å². The molecular formula is C14H14N4O. The molecule has 0 fully saturated rings. The fourth-order valence-corrected chi connectivity index (χ4v) is 2.16. The maximum atomic E-state index is 12.4. The molecule has 0 aliphatic heterocycles. The van der Waals surface area contributed by atoms with Gasteiger partial charge in [0.1, 0.15) is 5.82 Å². The van der Waals surface area contributed by atoms with Crippen molar-refractivity contribution in [1.82, 2.24) is 19.5 Å². The topological polar surface area (TPSA) is 63.6 Å². The van der Waals surface area contributed by atoms with Crippen molar-refractivity contribution in [3.8, 4) is 0 Å². The summed E-state index contributed by atoms with van der Waals surface area (Å²) < 4.78 is 1.57. The van der Waals surface area contributed by atoms with Gasteiger partial charge in [-0.15, -0.1) is 0 Å². The number of rotatable bonds is 2. The number of imidazole rings is 1. The van der Waals surface area contributed by atoms with Crippen molar-refractivity contribution in [1.29, 1.82) is 0 Å². The van der Waals surface area contributed by atoms with Crippen LogP contribution in [0.3, 0.4) is 0 Å². The van der Waals surface area contributed by atoms with Gasteiger partial charge in [0.25, 0.3) is 5.56 Å². The molecule has 19 heavy (non-hydrogen) atoms. The maximum absolute atomic E-state index is 12.4. The molecule has 0 radical (unpaired) electrons. The fourth-order valence-electron chi connectivity index (χ4n) is 2.16. The lowest BCUT2D eigenvalue weighted by atomic mass is 10.1. The number of H-pyrrole nitrogens is 1. The predicted octanol–water partition coefficient (Wildman–Crippen LogP) is 1.78. The highest BCUT2D eigenvalue weighted by atomic mass is 16.1. The molecule has 0 amide bonds. The lowest BCUT2D eigenvalue weighted by Crippen LogP contribution is -2.21. The summed E-state index contributed by atoms with van der Waals surface area (Å²) in [6.45, 7) is 4.29. The van der Waals surface area contributed by atoms with Crippen LogP contribution in [-0.4, -0.2) is 19.5 Å². The molecule has 1 N–H and O–H groups in total. The smallest absolute Gasteiger partial charge is 0.261 e. The molecule has 1 aromatic carbocycles. The zero-order valence-corrected chi connectivity index (χ0v) is 10.8. The third-order valence-corrected chi connectivity index (χ3v) is 3.13. The van der Waals surface area contributed by atoms with Crippen LogP contribution in [0.5, 0.6) is 0 Å². The van der Waals surface area contributed by atoms with Gasteiger partial charge in [-0.1, -0.05) is 12.1 Å². The number of nitrogens with one attached hydrogen (secondary N) is 1. The molecule has 0 bridgehead atoms. The molecule has 0 saturated carbocycles. The number of hydrogen-bond acceptors (Lipinski definition) is 3. The number of aromatic amines is 1. The molecule has 3 aromatic rings. The quantitative estimate of drug-likeness (QED) is 0.758. The summed E-state index contributed by atoms with van der Waals surface area (Å²) >= 11 is 0. The summed E-state index contributed by atoms with van der Waals surface area (Å²) in [5.41, 5.74) is 2.71. The summed E-state index contributed by atoms with van der Waals surface area (Å²) in [5, 5.41) is 0.644. The average Bonchev–Trinajstić information content (AvgIpc) is 2.79. The van der Waals surface area contributed by atoms with E-state index in [1.807, 2.05) is 32.0 Å². The molecule has 0 saturated heterocycles. The Kier molecular flexibility index (Phi) is 2.67. The van der Waals surface area contributed by atoms with Gasteiger partial charge in [-0.05, 0) is 25.5 Å². The standard InChI is InChI=1S/C14H14N4O/c1-9-4-3-5-11-13(9)16-8-18(14(11)19)7-12-15-6-10(2)17-12/h3-6,8H,7H2,1-2H3,(H,15,17). The molecule has 96 valence electrons. The van der Waals surface area contributed by atoms with Crippen LogP contribution in [0.4, 0.5) is 0 Å². The van der Waals surface area contributed by atoms with Crippen LogP contribution in [0.25, 0.3) is 10.9 Å². The van der Waals surface area contributed by atoms with Crippen LogP contribution < -0.4 is 5.56 Å². The summed E-state index contributed by atoms with van der Waals surface area (Å²) in [4.78, 5) is 24.1. The van der Waals surface area contributed by atoms with Gasteiger partial charge < -0.3 is 4.98 Å². The highest BCUT2D eigenvalue weighted by Crippen LogP contribution is 2.11. The molecule has 5 nitrogen and oxygen atoms in total. The van der Waals surface area contributed by atoms with Gasteiger partial charge in [-0.3, -0.25) is 9.36 Å². The summed E-state index contributed by atoms with van der Waals surface area (Å²) in [7, 11) is 0. The van der Waals surface area contributed by atoms with E-state index in [-0.39, 0.29) is 5.56 Å². The number of nitrogens with zero attached hydrogens (tertiary/aromatic N) is 3. The number of fused-ring (bicyclic) bond motifs is 1. The molecule has 2 aromatic heterocycles. The molecular weight excluding hydrogens is 240 g/mol. The van der Waals surface area contributed by atoms with E-state index in [0.29, 0.717) is 11.9 Å². The minimum atomic E-state index is -0.0391. The maximum Gasteiger partial charge on any atom is 0.261 e. The minimum absolute atomic E-state index is 0.0391. The molecule has 0 atom stereocenters. The summed E-state index contributed by atoms with van der Waals surface area (Å²) in [6.07, 6.45) is 3.33. The van der Waals surface area contributed by atoms with E-state index in [2.05, 4.69) is 15.0 Å². The van der Waals surface area contributed by atoms with Crippen LogP contribution in [0.2, 0.25) is 0 Å². The van der Waals surface area contributed by atoms with Gasteiger partial charge in [0.2, 0.25) is 0 Å². The first kappa shape index (κ1) is 11.6. The normalized spacial score (nSPS) is 11.1. The van der Waals surface area contributed by atoms with E-state index in [9.17, 15) is 4.79 Å². The third-order valence-electron chi connectivity index (χ3n) is 3.13. The number of hydrogen-bond donors (Lipinski definition) is 1. The van der Waals surface area contributed by atoms with Crippen LogP contribution >= 0.6 is 0 Å². The van der Waals surface area contributed by atoms with Crippen LogP contribution in [0, 0.1) is 13.8 Å². The van der Waals surface area contributed by atoms with E-state index >= 15 is 0 Å². The van der Waals surface area contributed by atoms with Gasteiger partial charge in [0.05, 0.1) is 23.8 Å². The van der Waals surface area contributed by atoms with E-state index in [4.69, 9.17) is 0 Å². The largest absolute Gasteiger partial charge is 0.345 e. The van der Waals surface area contributed by atoms with Crippen LogP contribution in [0.1, 0.15) is 17.1 Å². The van der Waals surface area contributed by atoms with Crippen molar-refractivity contribution >= 4 is 10.9 Å². The first-order valence-corrected chi connectivity index (χ1v) is 6.10. The lowest BCUT2D eigenvalue weighted by Gasteiger charge is -2.06. The van der Waals surface area contributed by atoms with E-state index in [1.54, 1.807) is 17.1 Å². The lowest BCUT2D eigenvalue weighted by molar-refractivity contribution is 0.714. The molecule has 0 aliphatic rings. The zero-order chi connectivity index (χ0) is 13.4. The Morgan fingerprint density at radius 2 is 2.11 bits per heavy atom. The van der Waals surface area contributed by atoms with E-state index < -0.39 is 0 Å². The number of aryl methyl sites for hydroxylation is 2. The number of benzene rings is 1. The summed E-state index contributed by atoms with van der Waals surface area (Å²) in [6, 6.07) is 5.64. The van der Waals surface area contributed by atoms with Crippen molar-refractivity contribution in [3.05, 3.63) is 58.2 Å². The molecule has 0 spiro atoms. The van der Waals surface area contributed by atoms with E-state index in [0.717, 1.165) is 22.6 Å². The van der Waals surface area contributed by atoms with Crippen LogP contribution in [0.15, 0.2) is 35.5 Å². The summed E-state index contributed by atoms with van der Waals surface area (Å²) in [5.74, 6) is 0.758. The van der Waals surface area contributed by atoms with Crippen molar-refractivity contribution in [2.75, 3.05) is 0 Å². The zero-order valence-electron chi connectivity index (χ0n) is 10.8. The van der Waals surface area contributed by atoms with Gasteiger partial charge in [-0.2, -0.15) is 0 Å². The van der Waals surface area contributed by atoms with Crippen molar-refractivity contribution < 1.29 is 0 Å². The molecule has 5 heteroatoms. The Bertz CT molecular complexity index is 801. The second-order valence-electron chi connectivity index (χ2n) is 4.66. The predicted molar refractivity (Wildman–Crippen MR) is 73.2 cm³/mol. The van der Waals surface area contributed by atoms with Gasteiger partial charge in [0, 0.05) is 11.9 Å². The highest BCUT2D eigenvalue weighted by molar-refractivity contribution is 5.80. The van der Waals surface area contributed by atoms with Gasteiger partial charge in [0.15, 0.2) is 0 Å². The molecule has 0 unspecified atom stereocenters. The van der Waals surface area contributed by atoms with Gasteiger partial charge in [-0.25, -0.2) is 9.97 Å². The second-order valence-corrected chi connectivity index (χ2v) is 4.66. The molecule has 2 heterocycles. The van der Waals surface area contributed by atoms with Gasteiger partial charge >= 0.3 is 0 Å². The minimum Gasteiger partial charge on any atom is -0.345 e. The first-order chi connectivity index (χ1) is 9.15. The Labute approximate surface area is 110 Å². The number of aromatic nitrogens is 4. The Morgan fingerprint density at radius 3 is 2.84 bits per heavy atom. The molecule has 0 aliphatic carbocycles. The number of para-hydroxylation sites is 1. The second kappa shape index (κ2) is 4.35. The monoisotopic (exact) mass is 254 g/mol. The van der Waals surface area contributed by atoms with Crippen molar-refractivity contribution in [2.45, 2.75) is 20.4 Å². The molecule has 3 rings (SSSR count). The Balaban J connectivity index is 2.11. The Morgan fingerprint density at radius 1 is 1.26 bits per heavy atom. The van der Waals surface area contributed by atoms with Crippen LogP contribution in [-0.2, 0) is 6.54 Å². The average molecular weight is 254 g/mol.